The van der Waals surface area contributed by atoms with Crippen LogP contribution in [0, 0.1) is 10.8 Å². The molecular weight excluding hydrogens is 615 g/mol. The van der Waals surface area contributed by atoms with Gasteiger partial charge in [-0.15, -0.1) is 0 Å². The summed E-state index contributed by atoms with van der Waals surface area (Å²) in [4.78, 5) is 66.1. The van der Waals surface area contributed by atoms with Gasteiger partial charge in [0.2, 0.25) is 17.7 Å². The van der Waals surface area contributed by atoms with Gasteiger partial charge in [0.05, 0.1) is 5.92 Å². The van der Waals surface area contributed by atoms with E-state index in [2.05, 4.69) is 25.7 Å². The van der Waals surface area contributed by atoms with Crippen molar-refractivity contribution in [3.05, 3.63) is 65.5 Å². The maximum Gasteiger partial charge on any atom is 0.491 e. The third-order valence-corrected chi connectivity index (χ3v) is 6.46. The largest absolute Gasteiger partial charge is 0.491 e. The van der Waals surface area contributed by atoms with Gasteiger partial charge in [-0.2, -0.15) is 13.2 Å². The number of benzene rings is 1. The molecule has 0 aliphatic heterocycles. The van der Waals surface area contributed by atoms with Gasteiger partial charge in [-0.1, -0.05) is 30.3 Å². The van der Waals surface area contributed by atoms with E-state index in [0.717, 1.165) is 0 Å². The third kappa shape index (κ3) is 12.2. The summed E-state index contributed by atoms with van der Waals surface area (Å²) in [7, 11) is 0. The number of aromatic nitrogens is 1. The van der Waals surface area contributed by atoms with Crippen molar-refractivity contribution in [2.45, 2.75) is 56.3 Å². The lowest BCUT2D eigenvalue weighted by atomic mass is 9.91. The van der Waals surface area contributed by atoms with Crippen LogP contribution in [0.25, 0.3) is 0 Å². The van der Waals surface area contributed by atoms with Crippen molar-refractivity contribution >= 4 is 41.5 Å². The molecule has 0 saturated heterocycles. The normalized spacial score (nSPS) is 12.9. The van der Waals surface area contributed by atoms with Crippen molar-refractivity contribution in [1.82, 2.24) is 20.9 Å². The summed E-state index contributed by atoms with van der Waals surface area (Å²) < 4.78 is 41.4. The Kier molecular flexibility index (Phi) is 13.6. The van der Waals surface area contributed by atoms with Crippen LogP contribution in [0.15, 0.2) is 48.8 Å². The van der Waals surface area contributed by atoms with Crippen LogP contribution in [0.2, 0.25) is 0 Å². The van der Waals surface area contributed by atoms with E-state index in [-0.39, 0.29) is 37.6 Å². The molecule has 1 heterocycles. The molecule has 0 radical (unpaired) electrons. The van der Waals surface area contributed by atoms with Crippen molar-refractivity contribution in [3.63, 3.8) is 0 Å². The first-order valence-electron chi connectivity index (χ1n) is 13.7. The number of hydrogen-bond acceptors (Lipinski definition) is 9. The van der Waals surface area contributed by atoms with E-state index in [9.17, 15) is 37.1 Å². The first-order valence-corrected chi connectivity index (χ1v) is 13.7. The number of nitrogen functional groups attached to an aromatic ring is 1. The highest BCUT2D eigenvalue weighted by atomic mass is 19.4. The van der Waals surface area contributed by atoms with Crippen LogP contribution >= 0.6 is 0 Å². The van der Waals surface area contributed by atoms with E-state index >= 15 is 0 Å². The Labute approximate surface area is 260 Å². The first kappa shape index (κ1) is 36.6. The van der Waals surface area contributed by atoms with Crippen molar-refractivity contribution in [3.8, 4) is 0 Å². The van der Waals surface area contributed by atoms with Crippen LogP contribution in [0.1, 0.15) is 48.3 Å². The summed E-state index contributed by atoms with van der Waals surface area (Å²) in [5.74, 6) is -8.51. The molecule has 3 amide bonds. The summed E-state index contributed by atoms with van der Waals surface area (Å²) in [6.07, 6.45) is -3.78. The van der Waals surface area contributed by atoms with E-state index in [4.69, 9.17) is 28.0 Å². The highest BCUT2D eigenvalue weighted by molar-refractivity contribution is 5.95. The Hall–Kier alpha value is -5.55. The summed E-state index contributed by atoms with van der Waals surface area (Å²) in [6, 6.07) is 6.75. The number of nitrogens with zero attached hydrogens (tertiary/aromatic N) is 1. The van der Waals surface area contributed by atoms with E-state index in [1.807, 2.05) is 0 Å². The second-order valence-electron chi connectivity index (χ2n) is 9.96. The topological polar surface area (TPSA) is 269 Å². The minimum absolute atomic E-state index is 0.0152. The molecule has 46 heavy (non-hydrogen) atoms. The molecule has 1 aromatic heterocycles. The predicted octanol–water partition coefficient (Wildman–Crippen LogP) is -0.178. The fraction of sp³-hybridized carbons (Fsp3) is 0.357. The zero-order valence-electron chi connectivity index (χ0n) is 24.4. The number of primary amides is 1. The molecule has 18 heteroatoms. The highest BCUT2D eigenvalue weighted by Crippen LogP contribution is 2.22. The van der Waals surface area contributed by atoms with Crippen LogP contribution in [0.5, 0.6) is 0 Å². The molecule has 0 aliphatic rings. The van der Waals surface area contributed by atoms with Gasteiger partial charge in [-0.3, -0.25) is 35.0 Å². The summed E-state index contributed by atoms with van der Waals surface area (Å²) >= 11 is 0. The van der Waals surface area contributed by atoms with Gasteiger partial charge in [0.1, 0.15) is 17.9 Å². The van der Waals surface area contributed by atoms with Gasteiger partial charge in [0.25, 0.3) is 0 Å². The van der Waals surface area contributed by atoms with E-state index in [1.165, 1.54) is 12.4 Å². The molecule has 1 aromatic carbocycles. The molecule has 2 aromatic rings. The molecule has 15 nitrogen and oxygen atoms in total. The van der Waals surface area contributed by atoms with Crippen molar-refractivity contribution < 1.29 is 41.9 Å². The molecule has 2 rings (SSSR count). The first-order chi connectivity index (χ1) is 21.6. The zero-order valence-corrected chi connectivity index (χ0v) is 24.4. The number of alkyl halides is 3. The second-order valence-corrected chi connectivity index (χ2v) is 9.96. The maximum absolute atomic E-state index is 13.7. The highest BCUT2D eigenvalue weighted by Gasteiger charge is 2.42. The van der Waals surface area contributed by atoms with E-state index < -0.39 is 66.7 Å². The van der Waals surface area contributed by atoms with Crippen LogP contribution in [-0.4, -0.2) is 71.2 Å². The Morgan fingerprint density at radius 1 is 0.913 bits per heavy atom. The molecule has 0 fully saturated rings. The quantitative estimate of drug-likeness (QED) is 0.0391. The van der Waals surface area contributed by atoms with Gasteiger partial charge in [0, 0.05) is 30.9 Å². The third-order valence-electron chi connectivity index (χ3n) is 6.46. The lowest BCUT2D eigenvalue weighted by Gasteiger charge is -2.24. The van der Waals surface area contributed by atoms with Gasteiger partial charge in [-0.05, 0) is 42.9 Å². The zero-order chi connectivity index (χ0) is 34.4. The number of carbonyl (C=O) groups is 5. The number of ether oxygens (including phenoxy) is 1. The van der Waals surface area contributed by atoms with Crippen LogP contribution in [0.3, 0.4) is 0 Å². The lowest BCUT2D eigenvalue weighted by molar-refractivity contribution is -0.201. The number of amides is 3. The average molecular weight is 650 g/mol. The fourth-order valence-electron chi connectivity index (χ4n) is 4.10. The number of carbonyl (C=O) groups excluding carboxylic acids is 5. The fourth-order valence-corrected chi connectivity index (χ4v) is 4.10. The molecule has 248 valence electrons. The second kappa shape index (κ2) is 17.1. The molecular formula is C28H34F3N9O6. The SMILES string of the molecule is N=C(N)NCCC[C@H](NC(=O)[C@H](CCC(=O)OC(=O)C(F)(F)F)NC(=O)[C@@H](Cc1ccc(C(=N)N)cc1)c1cccnc1)C(N)=O. The maximum atomic E-state index is 13.7. The standard InChI is InChI=1S/C28H34F3N9O6/c29-28(30,31)26(45)46-21(41)10-9-20(25(44)39-19(23(34)42)4-2-12-38-27(35)36)40-24(43)18(17-3-1-11-37-14-17)13-15-5-7-16(8-6-15)22(32)33/h1,3,5-8,11,14,18-20H,2,4,9-10,12-13H2,(H3,32,33)(H2,34,42)(H,39,44)(H,40,43)(H4,35,36,38)/t18-,19-,20-/m0/s1. The smallest absolute Gasteiger partial charge is 0.386 e. The van der Waals surface area contributed by atoms with Gasteiger partial charge >= 0.3 is 18.1 Å². The van der Waals surface area contributed by atoms with Crippen molar-refractivity contribution in [2.24, 2.45) is 17.2 Å². The minimum Gasteiger partial charge on any atom is -0.386 e. The van der Waals surface area contributed by atoms with Gasteiger partial charge < -0.3 is 37.9 Å². The Balaban J connectivity index is 2.31. The Morgan fingerprint density at radius 3 is 2.11 bits per heavy atom. The van der Waals surface area contributed by atoms with E-state index in [1.54, 1.807) is 36.4 Å². The van der Waals surface area contributed by atoms with E-state index in [0.29, 0.717) is 16.7 Å². The number of rotatable bonds is 16. The van der Waals surface area contributed by atoms with Crippen LogP contribution < -0.4 is 33.2 Å². The molecule has 0 spiro atoms. The summed E-state index contributed by atoms with van der Waals surface area (Å²) in [5.41, 5.74) is 17.6. The molecule has 0 saturated carbocycles. The lowest BCUT2D eigenvalue weighted by Crippen LogP contribution is -2.54. The molecule has 0 bridgehead atoms. The van der Waals surface area contributed by atoms with Gasteiger partial charge in [-0.25, -0.2) is 4.79 Å². The van der Waals surface area contributed by atoms with Crippen LogP contribution in [-0.2, 0) is 35.1 Å². The molecule has 0 unspecified atom stereocenters. The van der Waals surface area contributed by atoms with Gasteiger partial charge in [0.15, 0.2) is 5.96 Å². The molecule has 11 N–H and O–H groups in total. The molecule has 0 aliphatic carbocycles. The number of nitrogens with two attached hydrogens (primary N) is 3. The summed E-state index contributed by atoms with van der Waals surface area (Å²) in [6.45, 7) is 0.161. The number of amidine groups is 1. The predicted molar refractivity (Wildman–Crippen MR) is 157 cm³/mol. The minimum atomic E-state index is -5.44. The number of guanidine groups is 1. The number of pyridine rings is 1. The van der Waals surface area contributed by atoms with Crippen LogP contribution in [0.4, 0.5) is 13.2 Å². The van der Waals surface area contributed by atoms with Crippen molar-refractivity contribution in [1.29, 1.82) is 10.8 Å². The summed E-state index contributed by atoms with van der Waals surface area (Å²) in [5, 5.41) is 22.1. The number of halogens is 3. The Bertz CT molecular complexity index is 1420. The molecule has 3 atom stereocenters. The van der Waals surface area contributed by atoms with Crippen molar-refractivity contribution in [2.75, 3.05) is 6.54 Å². The number of esters is 2. The Morgan fingerprint density at radius 2 is 1.57 bits per heavy atom. The monoisotopic (exact) mass is 649 g/mol. The number of nitrogens with one attached hydrogen (secondary N) is 5. The average Bonchev–Trinajstić information content (AvgIpc) is 2.99. The number of hydrogen-bond donors (Lipinski definition) is 8.